The van der Waals surface area contributed by atoms with E-state index in [9.17, 15) is 14.4 Å². The van der Waals surface area contributed by atoms with E-state index in [0.717, 1.165) is 0 Å². The Morgan fingerprint density at radius 2 is 1.86 bits per heavy atom. The molecule has 2 aromatic rings. The average Bonchev–Trinajstić information content (AvgIpc) is 2.77. The highest BCUT2D eigenvalue weighted by Gasteiger charge is 2.22. The lowest BCUT2D eigenvalue weighted by molar-refractivity contribution is -0.140. The van der Waals surface area contributed by atoms with E-state index in [1.807, 2.05) is 0 Å². The number of fused-ring (bicyclic) bond motifs is 1. The van der Waals surface area contributed by atoms with E-state index in [2.05, 4.69) is 10.1 Å². The number of carbonyl (C=O) groups is 3. The molecule has 110 valence electrons. The van der Waals surface area contributed by atoms with Gasteiger partial charge in [0.15, 0.2) is 0 Å². The summed E-state index contributed by atoms with van der Waals surface area (Å²) in [6.45, 7) is 0.228. The Labute approximate surface area is 117 Å². The van der Waals surface area contributed by atoms with Gasteiger partial charge in [0.1, 0.15) is 13.1 Å². The van der Waals surface area contributed by atoms with E-state index in [4.69, 9.17) is 14.7 Å². The fourth-order valence-electron chi connectivity index (χ4n) is 1.77. The van der Waals surface area contributed by atoms with Crippen molar-refractivity contribution in [2.75, 3.05) is 13.1 Å². The highest BCUT2D eigenvalue weighted by atomic mass is 16.5. The number of pyridine rings is 1. The average molecular weight is 293 g/mol. The normalized spacial score (nSPS) is 10.5. The van der Waals surface area contributed by atoms with Crippen LogP contribution in [0.15, 0.2) is 16.8 Å². The molecule has 0 aliphatic rings. The van der Waals surface area contributed by atoms with Crippen LogP contribution in [-0.4, -0.2) is 56.2 Å². The molecule has 2 N–H and O–H groups in total. The number of nitrogens with zero attached hydrogens (tertiary/aromatic N) is 3. The van der Waals surface area contributed by atoms with Gasteiger partial charge in [0.25, 0.3) is 11.6 Å². The third-order valence-corrected chi connectivity index (χ3v) is 2.70. The van der Waals surface area contributed by atoms with Crippen molar-refractivity contribution in [2.45, 2.75) is 6.92 Å². The number of aliphatic carboxylic acids is 2. The predicted octanol–water partition coefficient (Wildman–Crippen LogP) is 0.143. The summed E-state index contributed by atoms with van der Waals surface area (Å²) in [6.07, 6.45) is 1.19. The van der Waals surface area contributed by atoms with Crippen molar-refractivity contribution < 1.29 is 29.1 Å². The Kier molecular flexibility index (Phi) is 3.83. The zero-order valence-electron chi connectivity index (χ0n) is 10.9. The molecule has 1 amide bonds. The summed E-state index contributed by atoms with van der Waals surface area (Å²) in [7, 11) is 0. The van der Waals surface area contributed by atoms with Gasteiger partial charge in [-0.05, 0) is 13.0 Å². The number of carbonyl (C=O) groups excluding carboxylic acids is 1. The zero-order chi connectivity index (χ0) is 15.6. The number of hydrogen-bond acceptors (Lipinski definition) is 6. The number of aromatic nitrogens is 2. The largest absolute Gasteiger partial charge is 0.480 e. The van der Waals surface area contributed by atoms with Gasteiger partial charge < -0.3 is 19.6 Å². The van der Waals surface area contributed by atoms with Crippen molar-refractivity contribution in [1.29, 1.82) is 0 Å². The lowest BCUT2D eigenvalue weighted by Crippen LogP contribution is -2.39. The topological polar surface area (TPSA) is 134 Å². The first kappa shape index (κ1) is 14.4. The first-order valence-corrected chi connectivity index (χ1v) is 5.83. The second-order valence-electron chi connectivity index (χ2n) is 4.29. The minimum Gasteiger partial charge on any atom is -0.480 e. The van der Waals surface area contributed by atoms with Crippen LogP contribution in [0.3, 0.4) is 0 Å². The van der Waals surface area contributed by atoms with Gasteiger partial charge in [0.2, 0.25) is 0 Å². The van der Waals surface area contributed by atoms with Crippen molar-refractivity contribution in [3.63, 3.8) is 0 Å². The summed E-state index contributed by atoms with van der Waals surface area (Å²) >= 11 is 0. The number of aryl methyl sites for hydroxylation is 1. The molecule has 9 heteroatoms. The Morgan fingerprint density at radius 3 is 2.43 bits per heavy atom. The van der Waals surface area contributed by atoms with Crippen LogP contribution in [0.25, 0.3) is 11.1 Å². The molecule has 0 unspecified atom stereocenters. The quantitative estimate of drug-likeness (QED) is 0.795. The van der Waals surface area contributed by atoms with Gasteiger partial charge in [0, 0.05) is 6.20 Å². The number of carboxylic acids is 2. The molecular formula is C12H11N3O6. The van der Waals surface area contributed by atoms with Crippen LogP contribution in [0, 0.1) is 6.92 Å². The third-order valence-electron chi connectivity index (χ3n) is 2.70. The minimum absolute atomic E-state index is 0.0660. The van der Waals surface area contributed by atoms with Gasteiger partial charge in [-0.1, -0.05) is 5.16 Å². The maximum absolute atomic E-state index is 12.2. The first-order valence-electron chi connectivity index (χ1n) is 5.83. The van der Waals surface area contributed by atoms with Crippen molar-refractivity contribution >= 4 is 28.9 Å². The maximum atomic E-state index is 12.2. The van der Waals surface area contributed by atoms with Crippen molar-refractivity contribution in [3.8, 4) is 0 Å². The molecule has 0 bridgehead atoms. The van der Waals surface area contributed by atoms with Crippen LogP contribution in [0.4, 0.5) is 0 Å². The zero-order valence-corrected chi connectivity index (χ0v) is 10.9. The molecule has 2 aromatic heterocycles. The standard InChI is InChI=1S/C12H11N3O6/c1-6-8-2-7(3-13-11(8)21-14-6)12(20)15(4-9(16)17)5-10(18)19/h2-3H,4-5H2,1H3,(H,16,17)(H,18,19). The predicted molar refractivity (Wildman–Crippen MR) is 67.7 cm³/mol. The fourth-order valence-corrected chi connectivity index (χ4v) is 1.77. The molecule has 0 radical (unpaired) electrons. The van der Waals surface area contributed by atoms with E-state index in [1.165, 1.54) is 12.3 Å². The van der Waals surface area contributed by atoms with Crippen LogP contribution in [0.2, 0.25) is 0 Å². The molecule has 0 aliphatic heterocycles. The summed E-state index contributed by atoms with van der Waals surface area (Å²) in [5.74, 6) is -3.35. The van der Waals surface area contributed by atoms with Gasteiger partial charge in [-0.2, -0.15) is 0 Å². The van der Waals surface area contributed by atoms with E-state index < -0.39 is 30.9 Å². The highest BCUT2D eigenvalue weighted by Crippen LogP contribution is 2.17. The molecule has 2 rings (SSSR count). The number of amides is 1. The maximum Gasteiger partial charge on any atom is 0.323 e. The summed E-state index contributed by atoms with van der Waals surface area (Å²) in [4.78, 5) is 38.2. The molecule has 0 fully saturated rings. The molecule has 0 saturated carbocycles. The lowest BCUT2D eigenvalue weighted by atomic mass is 10.2. The Bertz CT molecular complexity index is 707. The second kappa shape index (κ2) is 5.57. The smallest absolute Gasteiger partial charge is 0.323 e. The van der Waals surface area contributed by atoms with E-state index in [1.54, 1.807) is 6.92 Å². The van der Waals surface area contributed by atoms with Crippen molar-refractivity contribution in [3.05, 3.63) is 23.5 Å². The number of carboxylic acid groups (broad SMARTS) is 2. The number of rotatable bonds is 5. The minimum atomic E-state index is -1.31. The van der Waals surface area contributed by atoms with Crippen LogP contribution >= 0.6 is 0 Å². The molecular weight excluding hydrogens is 282 g/mol. The molecule has 0 aliphatic carbocycles. The Morgan fingerprint density at radius 1 is 1.24 bits per heavy atom. The molecule has 0 spiro atoms. The van der Waals surface area contributed by atoms with Crippen LogP contribution in [0.5, 0.6) is 0 Å². The summed E-state index contributed by atoms with van der Waals surface area (Å²) < 4.78 is 4.90. The Hall–Kier alpha value is -2.97. The van der Waals surface area contributed by atoms with Crippen LogP contribution < -0.4 is 0 Å². The van der Waals surface area contributed by atoms with Crippen molar-refractivity contribution in [2.24, 2.45) is 0 Å². The van der Waals surface area contributed by atoms with Gasteiger partial charge in [-0.25, -0.2) is 4.98 Å². The fraction of sp³-hybridized carbons (Fsp3) is 0.250. The first-order chi connectivity index (χ1) is 9.88. The molecule has 9 nitrogen and oxygen atoms in total. The summed E-state index contributed by atoms with van der Waals surface area (Å²) in [5.41, 5.74) is 0.832. The SMILES string of the molecule is Cc1noc2ncc(C(=O)N(CC(=O)O)CC(=O)O)cc12. The van der Waals surface area contributed by atoms with Gasteiger partial charge in [-0.3, -0.25) is 14.4 Å². The molecule has 21 heavy (non-hydrogen) atoms. The lowest BCUT2D eigenvalue weighted by Gasteiger charge is -2.18. The summed E-state index contributed by atoms with van der Waals surface area (Å²) in [5, 5.41) is 21.7. The van der Waals surface area contributed by atoms with Crippen LogP contribution in [-0.2, 0) is 9.59 Å². The molecule has 0 saturated heterocycles. The van der Waals surface area contributed by atoms with Gasteiger partial charge >= 0.3 is 11.9 Å². The van der Waals surface area contributed by atoms with Crippen LogP contribution in [0.1, 0.15) is 16.1 Å². The van der Waals surface area contributed by atoms with Gasteiger partial charge in [-0.15, -0.1) is 0 Å². The summed E-state index contributed by atoms with van der Waals surface area (Å²) in [6, 6.07) is 1.44. The van der Waals surface area contributed by atoms with E-state index in [0.29, 0.717) is 16.0 Å². The third kappa shape index (κ3) is 3.14. The Balaban J connectivity index is 2.34. The number of hydrogen-bond donors (Lipinski definition) is 2. The van der Waals surface area contributed by atoms with E-state index >= 15 is 0 Å². The second-order valence-corrected chi connectivity index (χ2v) is 4.29. The highest BCUT2D eigenvalue weighted by molar-refractivity contribution is 5.99. The van der Waals surface area contributed by atoms with Crippen molar-refractivity contribution in [1.82, 2.24) is 15.0 Å². The van der Waals surface area contributed by atoms with Gasteiger partial charge in [0.05, 0.1) is 16.6 Å². The van der Waals surface area contributed by atoms with E-state index in [-0.39, 0.29) is 11.3 Å². The monoisotopic (exact) mass is 293 g/mol. The molecule has 2 heterocycles. The molecule has 0 atom stereocenters. The molecule has 0 aromatic carbocycles.